The van der Waals surface area contributed by atoms with E-state index in [0.717, 1.165) is 0 Å². The van der Waals surface area contributed by atoms with Gasteiger partial charge in [-0.05, 0) is 12.1 Å². The first-order chi connectivity index (χ1) is 8.16. The SMILES string of the molecule is O=C1CCN(c2cc(C(=O)O)ccn2)CCN1. The third-order valence-corrected chi connectivity index (χ3v) is 2.63. The molecule has 1 saturated heterocycles. The molecule has 0 bridgehead atoms. The fraction of sp³-hybridized carbons (Fsp3) is 0.364. The lowest BCUT2D eigenvalue weighted by atomic mass is 10.2. The van der Waals surface area contributed by atoms with Crippen LogP contribution >= 0.6 is 0 Å². The Labute approximate surface area is 98.3 Å². The third kappa shape index (κ3) is 2.72. The molecule has 90 valence electrons. The van der Waals surface area contributed by atoms with Gasteiger partial charge in [-0.2, -0.15) is 0 Å². The molecule has 0 spiro atoms. The lowest BCUT2D eigenvalue weighted by Crippen LogP contribution is -2.29. The molecule has 2 N–H and O–H groups in total. The molecule has 17 heavy (non-hydrogen) atoms. The number of amides is 1. The van der Waals surface area contributed by atoms with Crippen molar-refractivity contribution < 1.29 is 14.7 Å². The summed E-state index contributed by atoms with van der Waals surface area (Å²) in [6.07, 6.45) is 1.87. The minimum atomic E-state index is -0.974. The highest BCUT2D eigenvalue weighted by Gasteiger charge is 2.15. The highest BCUT2D eigenvalue weighted by atomic mass is 16.4. The number of carbonyl (C=O) groups is 2. The van der Waals surface area contributed by atoms with Gasteiger partial charge in [0.15, 0.2) is 0 Å². The Morgan fingerprint density at radius 2 is 2.29 bits per heavy atom. The summed E-state index contributed by atoms with van der Waals surface area (Å²) in [6, 6.07) is 2.98. The molecule has 0 atom stereocenters. The van der Waals surface area contributed by atoms with Gasteiger partial charge in [0.05, 0.1) is 5.56 Å². The zero-order valence-electron chi connectivity index (χ0n) is 9.22. The minimum absolute atomic E-state index is 0.0156. The van der Waals surface area contributed by atoms with Gasteiger partial charge in [-0.15, -0.1) is 0 Å². The van der Waals surface area contributed by atoms with Gasteiger partial charge in [0.2, 0.25) is 5.91 Å². The van der Waals surface area contributed by atoms with Crippen molar-refractivity contribution in [2.45, 2.75) is 6.42 Å². The molecular formula is C11H13N3O3. The molecule has 1 aliphatic rings. The van der Waals surface area contributed by atoms with Gasteiger partial charge in [0.25, 0.3) is 0 Å². The van der Waals surface area contributed by atoms with Crippen LogP contribution in [0.3, 0.4) is 0 Å². The van der Waals surface area contributed by atoms with Crippen molar-refractivity contribution in [3.05, 3.63) is 23.9 Å². The number of pyridine rings is 1. The fourth-order valence-corrected chi connectivity index (χ4v) is 1.72. The molecule has 0 saturated carbocycles. The van der Waals surface area contributed by atoms with E-state index in [1.165, 1.54) is 18.3 Å². The minimum Gasteiger partial charge on any atom is -0.478 e. The lowest BCUT2D eigenvalue weighted by Gasteiger charge is -2.20. The quantitative estimate of drug-likeness (QED) is 0.760. The first-order valence-electron chi connectivity index (χ1n) is 5.38. The van der Waals surface area contributed by atoms with E-state index >= 15 is 0 Å². The third-order valence-electron chi connectivity index (χ3n) is 2.63. The number of anilines is 1. The first kappa shape index (κ1) is 11.4. The maximum atomic E-state index is 11.2. The highest BCUT2D eigenvalue weighted by Crippen LogP contribution is 2.13. The number of aromatic nitrogens is 1. The van der Waals surface area contributed by atoms with Gasteiger partial charge in [-0.25, -0.2) is 9.78 Å². The summed E-state index contributed by atoms with van der Waals surface area (Å²) in [4.78, 5) is 28.1. The van der Waals surface area contributed by atoms with Gasteiger partial charge in [-0.1, -0.05) is 0 Å². The van der Waals surface area contributed by atoms with Crippen LogP contribution in [-0.4, -0.2) is 41.6 Å². The van der Waals surface area contributed by atoms with E-state index in [2.05, 4.69) is 10.3 Å². The van der Waals surface area contributed by atoms with Gasteiger partial charge >= 0.3 is 5.97 Å². The second-order valence-corrected chi connectivity index (χ2v) is 3.79. The van der Waals surface area contributed by atoms with E-state index in [0.29, 0.717) is 31.9 Å². The average molecular weight is 235 g/mol. The van der Waals surface area contributed by atoms with Crippen molar-refractivity contribution in [3.63, 3.8) is 0 Å². The van der Waals surface area contributed by atoms with Crippen molar-refractivity contribution in [2.75, 3.05) is 24.5 Å². The second kappa shape index (κ2) is 4.82. The summed E-state index contributed by atoms with van der Waals surface area (Å²) in [6.45, 7) is 1.75. The summed E-state index contributed by atoms with van der Waals surface area (Å²) in [5.41, 5.74) is 0.207. The lowest BCUT2D eigenvalue weighted by molar-refractivity contribution is -0.120. The first-order valence-corrected chi connectivity index (χ1v) is 5.38. The second-order valence-electron chi connectivity index (χ2n) is 3.79. The number of carboxylic acid groups (broad SMARTS) is 1. The van der Waals surface area contributed by atoms with Crippen LogP contribution in [0.2, 0.25) is 0 Å². The number of carbonyl (C=O) groups excluding carboxylic acids is 1. The Balaban J connectivity index is 2.18. The topological polar surface area (TPSA) is 82.5 Å². The zero-order valence-corrected chi connectivity index (χ0v) is 9.22. The van der Waals surface area contributed by atoms with Gasteiger partial charge in [-0.3, -0.25) is 4.79 Å². The number of nitrogens with zero attached hydrogens (tertiary/aromatic N) is 2. The molecular weight excluding hydrogens is 222 g/mol. The van der Waals surface area contributed by atoms with Crippen molar-refractivity contribution in [1.29, 1.82) is 0 Å². The molecule has 1 aromatic heterocycles. The number of carboxylic acids is 1. The van der Waals surface area contributed by atoms with Crippen LogP contribution in [0.5, 0.6) is 0 Å². The van der Waals surface area contributed by atoms with E-state index in [1.807, 2.05) is 4.90 Å². The maximum Gasteiger partial charge on any atom is 0.335 e. The summed E-state index contributed by atoms with van der Waals surface area (Å²) in [7, 11) is 0. The van der Waals surface area contributed by atoms with Crippen LogP contribution in [0.1, 0.15) is 16.8 Å². The van der Waals surface area contributed by atoms with E-state index in [1.54, 1.807) is 0 Å². The number of hydrogen-bond donors (Lipinski definition) is 2. The molecule has 0 unspecified atom stereocenters. The summed E-state index contributed by atoms with van der Waals surface area (Å²) < 4.78 is 0. The number of aromatic carboxylic acids is 1. The monoisotopic (exact) mass is 235 g/mol. The van der Waals surface area contributed by atoms with E-state index in [9.17, 15) is 9.59 Å². The average Bonchev–Trinajstić information content (AvgIpc) is 2.54. The predicted octanol–water partition coefficient (Wildman–Crippen LogP) is 0.106. The van der Waals surface area contributed by atoms with Crippen molar-refractivity contribution in [1.82, 2.24) is 10.3 Å². The van der Waals surface area contributed by atoms with E-state index < -0.39 is 5.97 Å². The Morgan fingerprint density at radius 3 is 3.06 bits per heavy atom. The number of nitrogens with one attached hydrogen (secondary N) is 1. The van der Waals surface area contributed by atoms with E-state index in [4.69, 9.17) is 5.11 Å². The number of hydrogen-bond acceptors (Lipinski definition) is 4. The van der Waals surface area contributed by atoms with Crippen LogP contribution in [0, 0.1) is 0 Å². The fourth-order valence-electron chi connectivity index (χ4n) is 1.72. The normalized spacial score (nSPS) is 16.2. The molecule has 1 fully saturated rings. The van der Waals surface area contributed by atoms with Crippen LogP contribution in [-0.2, 0) is 4.79 Å². The summed E-state index contributed by atoms with van der Waals surface area (Å²) in [5, 5.41) is 11.6. The molecule has 1 amide bonds. The van der Waals surface area contributed by atoms with Crippen LogP contribution in [0.25, 0.3) is 0 Å². The smallest absolute Gasteiger partial charge is 0.335 e. The Bertz CT molecular complexity index is 447. The van der Waals surface area contributed by atoms with Crippen LogP contribution < -0.4 is 10.2 Å². The Kier molecular flexibility index (Phi) is 3.22. The Morgan fingerprint density at radius 1 is 1.47 bits per heavy atom. The van der Waals surface area contributed by atoms with Crippen molar-refractivity contribution in [2.24, 2.45) is 0 Å². The maximum absolute atomic E-state index is 11.2. The summed E-state index contributed by atoms with van der Waals surface area (Å²) >= 11 is 0. The Hall–Kier alpha value is -2.11. The molecule has 0 aliphatic carbocycles. The van der Waals surface area contributed by atoms with Crippen molar-refractivity contribution >= 4 is 17.7 Å². The molecule has 1 aromatic rings. The van der Waals surface area contributed by atoms with Gasteiger partial charge in [0, 0.05) is 32.3 Å². The van der Waals surface area contributed by atoms with Gasteiger partial charge in [0.1, 0.15) is 5.82 Å². The predicted molar refractivity (Wildman–Crippen MR) is 61.0 cm³/mol. The number of rotatable bonds is 2. The van der Waals surface area contributed by atoms with Crippen molar-refractivity contribution in [3.8, 4) is 0 Å². The molecule has 2 heterocycles. The molecule has 0 aromatic carbocycles. The largest absolute Gasteiger partial charge is 0.478 e. The summed E-state index contributed by atoms with van der Waals surface area (Å²) in [5.74, 6) is -0.360. The molecule has 6 heteroatoms. The van der Waals surface area contributed by atoms with Gasteiger partial charge < -0.3 is 15.3 Å². The zero-order chi connectivity index (χ0) is 12.3. The molecule has 2 rings (SSSR count). The standard InChI is InChI=1S/C11H13N3O3/c15-10-2-5-14(6-4-13-10)9-7-8(11(16)17)1-3-12-9/h1,3,7H,2,4-6H2,(H,13,15)(H,16,17). The van der Waals surface area contributed by atoms with Crippen LogP contribution in [0.15, 0.2) is 18.3 Å². The molecule has 0 radical (unpaired) electrons. The molecule has 1 aliphatic heterocycles. The molecule has 6 nitrogen and oxygen atoms in total. The van der Waals surface area contributed by atoms with Crippen LogP contribution in [0.4, 0.5) is 5.82 Å². The van der Waals surface area contributed by atoms with E-state index in [-0.39, 0.29) is 11.5 Å². The highest BCUT2D eigenvalue weighted by molar-refractivity contribution is 5.88.